The molecule has 78 valence electrons. The fourth-order valence-electron chi connectivity index (χ4n) is 0.925. The fourth-order valence-corrected chi connectivity index (χ4v) is 2.17. The van der Waals surface area contributed by atoms with Gasteiger partial charge in [0.05, 0.1) is 10.6 Å². The van der Waals surface area contributed by atoms with Crippen LogP contribution in [0.1, 0.15) is 6.92 Å². The maximum atomic E-state index is 11.3. The second-order valence-electron chi connectivity index (χ2n) is 2.61. The molecule has 1 aromatic rings. The quantitative estimate of drug-likeness (QED) is 0.451. The molecule has 0 fully saturated rings. The van der Waals surface area contributed by atoms with Crippen molar-refractivity contribution in [2.75, 3.05) is 5.75 Å². The summed E-state index contributed by atoms with van der Waals surface area (Å²) in [7, 11) is -3.24. The molecule has 0 amide bonds. The molecule has 0 radical (unpaired) electrons. The summed E-state index contributed by atoms with van der Waals surface area (Å²) >= 11 is -2.31. The monoisotopic (exact) mass is 256 g/mol. The first-order chi connectivity index (χ1) is 6.47. The molecule has 4 nitrogen and oxygen atoms in total. The standard InChI is InChI=1S/C8H10O4S2.Na/c1-2-14(11,12)8-5-3-7(4-6-8)13(9)10;/h3-6H,2H2,1H3,(H,9,10);/q;+1/p-1. The van der Waals surface area contributed by atoms with Crippen molar-refractivity contribution < 1.29 is 46.7 Å². The van der Waals surface area contributed by atoms with Crippen LogP contribution in [0.2, 0.25) is 0 Å². The molecular weight excluding hydrogens is 247 g/mol. The predicted octanol–water partition coefficient (Wildman–Crippen LogP) is -2.28. The number of rotatable bonds is 3. The van der Waals surface area contributed by atoms with Crippen molar-refractivity contribution >= 4 is 20.9 Å². The molecule has 1 unspecified atom stereocenters. The van der Waals surface area contributed by atoms with Crippen LogP contribution in [0.5, 0.6) is 0 Å². The first-order valence-electron chi connectivity index (χ1n) is 3.89. The maximum Gasteiger partial charge on any atom is 1.00 e. The second-order valence-corrected chi connectivity index (χ2v) is 5.83. The van der Waals surface area contributed by atoms with Gasteiger partial charge in [-0.1, -0.05) is 6.92 Å². The zero-order valence-electron chi connectivity index (χ0n) is 8.47. The minimum atomic E-state index is -3.24. The summed E-state index contributed by atoms with van der Waals surface area (Å²) in [5.41, 5.74) is 0. The molecular formula is C8H9NaO4S2. The third kappa shape index (κ3) is 3.97. The van der Waals surface area contributed by atoms with Crippen LogP contribution < -0.4 is 29.6 Å². The van der Waals surface area contributed by atoms with Gasteiger partial charge < -0.3 is 4.55 Å². The van der Waals surface area contributed by atoms with Gasteiger partial charge in [-0.05, 0) is 35.3 Å². The predicted molar refractivity (Wildman–Crippen MR) is 51.4 cm³/mol. The average molecular weight is 256 g/mol. The first-order valence-corrected chi connectivity index (χ1v) is 6.62. The Hall–Kier alpha value is 0.280. The molecule has 1 rings (SSSR count). The summed E-state index contributed by atoms with van der Waals surface area (Å²) < 4.78 is 43.6. The van der Waals surface area contributed by atoms with Crippen LogP contribution in [0.4, 0.5) is 0 Å². The van der Waals surface area contributed by atoms with E-state index in [0.717, 1.165) is 0 Å². The van der Waals surface area contributed by atoms with Crippen molar-refractivity contribution in [2.24, 2.45) is 0 Å². The van der Waals surface area contributed by atoms with Gasteiger partial charge >= 0.3 is 29.6 Å². The zero-order chi connectivity index (χ0) is 10.8. The van der Waals surface area contributed by atoms with Crippen LogP contribution in [-0.2, 0) is 20.9 Å². The van der Waals surface area contributed by atoms with E-state index >= 15 is 0 Å². The Kier molecular flexibility index (Phi) is 6.24. The summed E-state index contributed by atoms with van der Waals surface area (Å²) in [6.45, 7) is 1.54. The largest absolute Gasteiger partial charge is 1.00 e. The van der Waals surface area contributed by atoms with Gasteiger partial charge in [0.1, 0.15) is 0 Å². The zero-order valence-corrected chi connectivity index (χ0v) is 12.1. The van der Waals surface area contributed by atoms with Gasteiger partial charge in [-0.15, -0.1) is 0 Å². The van der Waals surface area contributed by atoms with E-state index in [9.17, 15) is 17.2 Å². The second kappa shape index (κ2) is 6.12. The van der Waals surface area contributed by atoms with Crippen LogP contribution >= 0.6 is 0 Å². The first kappa shape index (κ1) is 15.3. The van der Waals surface area contributed by atoms with Crippen molar-refractivity contribution in [3.05, 3.63) is 24.3 Å². The third-order valence-corrected chi connectivity index (χ3v) is 4.16. The van der Waals surface area contributed by atoms with Crippen LogP contribution in [0.25, 0.3) is 0 Å². The molecule has 15 heavy (non-hydrogen) atoms. The van der Waals surface area contributed by atoms with Gasteiger partial charge in [0.2, 0.25) is 0 Å². The van der Waals surface area contributed by atoms with Gasteiger partial charge in [-0.25, -0.2) is 8.42 Å². The SMILES string of the molecule is CCS(=O)(=O)c1ccc(S(=O)[O-])cc1.[Na+]. The van der Waals surface area contributed by atoms with E-state index < -0.39 is 20.9 Å². The van der Waals surface area contributed by atoms with Crippen LogP contribution in [0, 0.1) is 0 Å². The molecule has 0 saturated carbocycles. The van der Waals surface area contributed by atoms with Gasteiger partial charge in [-0.3, -0.25) is 4.21 Å². The van der Waals surface area contributed by atoms with Crippen molar-refractivity contribution in [1.82, 2.24) is 0 Å². The molecule has 1 atom stereocenters. The van der Waals surface area contributed by atoms with Crippen molar-refractivity contribution in [3.8, 4) is 0 Å². The summed E-state index contributed by atoms with van der Waals surface area (Å²) in [6, 6.07) is 5.13. The number of hydrogen-bond acceptors (Lipinski definition) is 4. The van der Waals surface area contributed by atoms with E-state index in [-0.39, 0.29) is 45.1 Å². The molecule has 1 aromatic carbocycles. The smallest absolute Gasteiger partial charge is 0.768 e. The summed E-state index contributed by atoms with van der Waals surface area (Å²) in [4.78, 5) is 0.231. The Morgan fingerprint density at radius 1 is 1.27 bits per heavy atom. The molecule has 0 aromatic heterocycles. The fraction of sp³-hybridized carbons (Fsp3) is 0.250. The molecule has 0 N–H and O–H groups in total. The van der Waals surface area contributed by atoms with E-state index in [1.165, 1.54) is 31.2 Å². The Bertz CT molecular complexity index is 438. The van der Waals surface area contributed by atoms with Crippen molar-refractivity contribution in [3.63, 3.8) is 0 Å². The number of hydrogen-bond donors (Lipinski definition) is 0. The van der Waals surface area contributed by atoms with Crippen LogP contribution in [-0.4, -0.2) is 22.9 Å². The van der Waals surface area contributed by atoms with Gasteiger partial charge in [0.15, 0.2) is 9.84 Å². The minimum Gasteiger partial charge on any atom is -0.768 e. The minimum absolute atomic E-state index is 0. The maximum absolute atomic E-state index is 11.3. The number of benzene rings is 1. The van der Waals surface area contributed by atoms with E-state index in [0.29, 0.717) is 0 Å². The van der Waals surface area contributed by atoms with Gasteiger partial charge in [0, 0.05) is 4.90 Å². The summed E-state index contributed by atoms with van der Waals surface area (Å²) in [5, 5.41) is 0. The summed E-state index contributed by atoms with van der Waals surface area (Å²) in [5.74, 6) is 0.00676. The van der Waals surface area contributed by atoms with Gasteiger partial charge in [-0.2, -0.15) is 0 Å². The van der Waals surface area contributed by atoms with Gasteiger partial charge in [0.25, 0.3) is 0 Å². The molecule has 0 aliphatic rings. The van der Waals surface area contributed by atoms with E-state index in [1.807, 2.05) is 0 Å². The molecule has 0 spiro atoms. The van der Waals surface area contributed by atoms with E-state index in [4.69, 9.17) is 0 Å². The molecule has 0 aliphatic heterocycles. The van der Waals surface area contributed by atoms with Crippen molar-refractivity contribution in [1.29, 1.82) is 0 Å². The molecule has 0 heterocycles. The van der Waals surface area contributed by atoms with E-state index in [1.54, 1.807) is 0 Å². The summed E-state index contributed by atoms with van der Waals surface area (Å²) in [6.07, 6.45) is 0. The molecule has 0 bridgehead atoms. The average Bonchev–Trinajstić information content (AvgIpc) is 2.18. The Labute approximate surface area is 114 Å². The molecule has 0 saturated heterocycles. The molecule has 0 aliphatic carbocycles. The molecule has 7 heteroatoms. The van der Waals surface area contributed by atoms with Crippen molar-refractivity contribution in [2.45, 2.75) is 16.7 Å². The third-order valence-electron chi connectivity index (χ3n) is 1.76. The Morgan fingerprint density at radius 2 is 1.73 bits per heavy atom. The van der Waals surface area contributed by atoms with E-state index in [2.05, 4.69) is 0 Å². The van der Waals surface area contributed by atoms with Crippen LogP contribution in [0.15, 0.2) is 34.1 Å². The normalized spacial score (nSPS) is 12.9. The Morgan fingerprint density at radius 3 is 2.07 bits per heavy atom. The Balaban J connectivity index is 0.00000196. The van der Waals surface area contributed by atoms with Crippen LogP contribution in [0.3, 0.4) is 0 Å². The number of sulfone groups is 1. The topological polar surface area (TPSA) is 74.3 Å².